The first-order valence-electron chi connectivity index (χ1n) is 13.3. The number of piperidine rings is 1. The maximum atomic E-state index is 13.3. The molecule has 5 heteroatoms. The lowest BCUT2D eigenvalue weighted by Crippen LogP contribution is -2.43. The highest BCUT2D eigenvalue weighted by Gasteiger charge is 2.25. The second kappa shape index (κ2) is 12.1. The van der Waals surface area contributed by atoms with Crippen molar-refractivity contribution in [1.29, 1.82) is 0 Å². The van der Waals surface area contributed by atoms with E-state index < -0.39 is 0 Å². The molecule has 2 aromatic carbocycles. The fourth-order valence-corrected chi connectivity index (χ4v) is 6.08. The van der Waals surface area contributed by atoms with Gasteiger partial charge in [-0.1, -0.05) is 67.3 Å². The molecular weight excluding hydrogens is 454 g/mol. The number of para-hydroxylation sites is 1. The van der Waals surface area contributed by atoms with Crippen molar-refractivity contribution >= 4 is 29.2 Å². The minimum absolute atomic E-state index is 0. The number of hydrogen-bond acceptors (Lipinski definition) is 2. The zero-order valence-corrected chi connectivity index (χ0v) is 21.8. The summed E-state index contributed by atoms with van der Waals surface area (Å²) >= 11 is 0. The Labute approximate surface area is 216 Å². The van der Waals surface area contributed by atoms with E-state index in [1.165, 1.54) is 59.7 Å². The Morgan fingerprint density at radius 1 is 1.03 bits per heavy atom. The summed E-state index contributed by atoms with van der Waals surface area (Å²) in [6.45, 7) is 5.20. The van der Waals surface area contributed by atoms with E-state index >= 15 is 0 Å². The van der Waals surface area contributed by atoms with Crippen LogP contribution in [0.2, 0.25) is 0 Å². The topological polar surface area (TPSA) is 46.1 Å². The van der Waals surface area contributed by atoms with Crippen LogP contribution in [-0.2, 0) is 11.3 Å². The third kappa shape index (κ3) is 6.29. The summed E-state index contributed by atoms with van der Waals surface area (Å²) in [4.78, 5) is 13.3. The number of carbonyl (C=O) groups excluding carboxylic acids is 1. The van der Waals surface area contributed by atoms with Gasteiger partial charge >= 0.3 is 0 Å². The zero-order valence-electron chi connectivity index (χ0n) is 21.0. The van der Waals surface area contributed by atoms with Crippen LogP contribution >= 0.6 is 12.4 Å². The molecule has 2 fully saturated rings. The van der Waals surface area contributed by atoms with Crippen LogP contribution in [0.15, 0.2) is 54.7 Å². The summed E-state index contributed by atoms with van der Waals surface area (Å²) in [5.41, 5.74) is 5.07. The molecule has 1 saturated carbocycles. The number of amides is 1. The van der Waals surface area contributed by atoms with Gasteiger partial charge in [-0.3, -0.25) is 4.79 Å². The lowest BCUT2D eigenvalue weighted by atomic mass is 9.87. The molecule has 2 aliphatic rings. The van der Waals surface area contributed by atoms with Gasteiger partial charge in [0.2, 0.25) is 5.91 Å². The largest absolute Gasteiger partial charge is 0.353 e. The van der Waals surface area contributed by atoms with Crippen LogP contribution in [-0.4, -0.2) is 29.6 Å². The number of benzene rings is 2. The number of carbonyl (C=O) groups is 1. The van der Waals surface area contributed by atoms with Gasteiger partial charge in [0, 0.05) is 42.0 Å². The fourth-order valence-electron chi connectivity index (χ4n) is 6.08. The molecule has 1 unspecified atom stereocenters. The van der Waals surface area contributed by atoms with Crippen LogP contribution in [0.3, 0.4) is 0 Å². The predicted molar refractivity (Wildman–Crippen MR) is 147 cm³/mol. The minimum atomic E-state index is 0. The molecule has 1 saturated heterocycles. The quantitative estimate of drug-likeness (QED) is 0.403. The summed E-state index contributed by atoms with van der Waals surface area (Å²) in [5, 5.41) is 8.02. The fraction of sp³-hybridized carbons (Fsp3) is 0.500. The molecule has 1 aromatic heterocycles. The number of rotatable bonds is 7. The lowest BCUT2D eigenvalue weighted by molar-refractivity contribution is -0.122. The first kappa shape index (κ1) is 25.8. The number of aryl methyl sites for hydroxylation is 1. The predicted octanol–water partition coefficient (Wildman–Crippen LogP) is 6.34. The Kier molecular flexibility index (Phi) is 8.91. The molecule has 1 atom stereocenters. The lowest BCUT2D eigenvalue weighted by Gasteiger charge is -2.25. The molecule has 4 nitrogen and oxygen atoms in total. The van der Waals surface area contributed by atoms with Gasteiger partial charge in [0.25, 0.3) is 0 Å². The summed E-state index contributed by atoms with van der Waals surface area (Å²) < 4.78 is 2.48. The van der Waals surface area contributed by atoms with Crippen LogP contribution in [0, 0.1) is 12.8 Å². The third-order valence-corrected chi connectivity index (χ3v) is 7.91. The van der Waals surface area contributed by atoms with Gasteiger partial charge in [-0.2, -0.15) is 0 Å². The highest BCUT2D eigenvalue weighted by Crippen LogP contribution is 2.36. The standard InChI is InChI=1S/C30H39N3O.ClH/c1-22-8-7-11-24(18-22)27(19-30(34)32-25-14-16-31-17-15-25)28-21-33(20-23-9-3-2-4-10-23)29-13-6-5-12-26(28)29;/h5-8,11-13,18,21,23,25,27,31H,2-4,9-10,14-17,19-20H2,1H3,(H,32,34);1H. The molecule has 2 heterocycles. The first-order chi connectivity index (χ1) is 16.7. The summed E-state index contributed by atoms with van der Waals surface area (Å²) in [6.07, 6.45) is 11.7. The smallest absolute Gasteiger partial charge is 0.221 e. The van der Waals surface area contributed by atoms with E-state index in [1.807, 2.05) is 0 Å². The molecule has 188 valence electrons. The summed E-state index contributed by atoms with van der Waals surface area (Å²) in [5.74, 6) is 0.986. The molecule has 0 bridgehead atoms. The number of halogens is 1. The third-order valence-electron chi connectivity index (χ3n) is 7.91. The van der Waals surface area contributed by atoms with Crippen molar-refractivity contribution in [3.8, 4) is 0 Å². The van der Waals surface area contributed by atoms with Gasteiger partial charge in [-0.05, 0) is 68.8 Å². The Morgan fingerprint density at radius 3 is 2.57 bits per heavy atom. The molecule has 0 spiro atoms. The Hall–Kier alpha value is -2.30. The van der Waals surface area contributed by atoms with Crippen molar-refractivity contribution < 1.29 is 4.79 Å². The van der Waals surface area contributed by atoms with Crippen LogP contribution in [0.5, 0.6) is 0 Å². The highest BCUT2D eigenvalue weighted by atomic mass is 35.5. The molecule has 0 radical (unpaired) electrons. The number of nitrogens with one attached hydrogen (secondary N) is 2. The minimum Gasteiger partial charge on any atom is -0.353 e. The molecule has 35 heavy (non-hydrogen) atoms. The normalized spacial score (nSPS) is 18.2. The van der Waals surface area contributed by atoms with E-state index in [0.29, 0.717) is 12.5 Å². The van der Waals surface area contributed by atoms with Crippen LogP contribution < -0.4 is 10.6 Å². The van der Waals surface area contributed by atoms with Crippen molar-refractivity contribution in [2.75, 3.05) is 13.1 Å². The molecule has 5 rings (SSSR count). The first-order valence-corrected chi connectivity index (χ1v) is 13.3. The van der Waals surface area contributed by atoms with E-state index in [1.54, 1.807) is 0 Å². The monoisotopic (exact) mass is 493 g/mol. The molecule has 2 N–H and O–H groups in total. The van der Waals surface area contributed by atoms with Gasteiger partial charge in [0.05, 0.1) is 0 Å². The Bertz CT molecular complexity index is 1110. The molecular formula is C30H40ClN3O. The van der Waals surface area contributed by atoms with E-state index in [4.69, 9.17) is 0 Å². The van der Waals surface area contributed by atoms with Crippen molar-refractivity contribution in [2.24, 2.45) is 5.92 Å². The molecule has 1 amide bonds. The Balaban J connectivity index is 0.00000289. The zero-order chi connectivity index (χ0) is 23.3. The number of fused-ring (bicyclic) bond motifs is 1. The molecule has 1 aliphatic carbocycles. The van der Waals surface area contributed by atoms with Crippen molar-refractivity contribution in [2.45, 2.75) is 76.8 Å². The SMILES string of the molecule is Cc1cccc(C(CC(=O)NC2CCNCC2)c2cn(CC3CCCCC3)c3ccccc23)c1.Cl. The van der Waals surface area contributed by atoms with Crippen LogP contribution in [0.4, 0.5) is 0 Å². The average Bonchev–Trinajstić information content (AvgIpc) is 3.22. The van der Waals surface area contributed by atoms with E-state index in [2.05, 4.69) is 76.9 Å². The maximum Gasteiger partial charge on any atom is 0.221 e. The van der Waals surface area contributed by atoms with Gasteiger partial charge in [-0.15, -0.1) is 12.4 Å². The average molecular weight is 494 g/mol. The molecule has 1 aliphatic heterocycles. The van der Waals surface area contributed by atoms with Gasteiger partial charge in [0.15, 0.2) is 0 Å². The Morgan fingerprint density at radius 2 is 1.80 bits per heavy atom. The van der Waals surface area contributed by atoms with Crippen molar-refractivity contribution in [3.05, 3.63) is 71.4 Å². The molecule has 3 aromatic rings. The van der Waals surface area contributed by atoms with Crippen molar-refractivity contribution in [1.82, 2.24) is 15.2 Å². The summed E-state index contributed by atoms with van der Waals surface area (Å²) in [7, 11) is 0. The van der Waals surface area contributed by atoms with Gasteiger partial charge in [0.1, 0.15) is 0 Å². The van der Waals surface area contributed by atoms with Gasteiger partial charge in [-0.25, -0.2) is 0 Å². The number of nitrogens with zero attached hydrogens (tertiary/aromatic N) is 1. The van der Waals surface area contributed by atoms with Crippen LogP contribution in [0.25, 0.3) is 10.9 Å². The van der Waals surface area contributed by atoms with E-state index in [-0.39, 0.29) is 24.2 Å². The highest BCUT2D eigenvalue weighted by molar-refractivity contribution is 5.87. The van der Waals surface area contributed by atoms with Gasteiger partial charge < -0.3 is 15.2 Å². The van der Waals surface area contributed by atoms with Crippen LogP contribution in [0.1, 0.15) is 74.0 Å². The number of aromatic nitrogens is 1. The second-order valence-corrected chi connectivity index (χ2v) is 10.5. The van der Waals surface area contributed by atoms with E-state index in [9.17, 15) is 4.79 Å². The summed E-state index contributed by atoms with van der Waals surface area (Å²) in [6, 6.07) is 17.8. The second-order valence-electron chi connectivity index (χ2n) is 10.5. The maximum absolute atomic E-state index is 13.3. The van der Waals surface area contributed by atoms with Crippen molar-refractivity contribution in [3.63, 3.8) is 0 Å². The van der Waals surface area contributed by atoms with E-state index in [0.717, 1.165) is 38.4 Å². The number of hydrogen-bond donors (Lipinski definition) is 2.